The van der Waals surface area contributed by atoms with Crippen molar-refractivity contribution in [2.45, 2.75) is 32.7 Å². The fraction of sp³-hybridized carbons (Fsp3) is 0.833. The monoisotopic (exact) mass is 259 g/mol. The predicted molar refractivity (Wildman–Crippen MR) is 70.6 cm³/mol. The van der Waals surface area contributed by atoms with E-state index in [1.54, 1.807) is 0 Å². The molecule has 0 rings (SSSR count). The van der Waals surface area contributed by atoms with Gasteiger partial charge in [-0.3, -0.25) is 4.79 Å². The van der Waals surface area contributed by atoms with Gasteiger partial charge in [-0.2, -0.15) is 0 Å². The van der Waals surface area contributed by atoms with Crippen molar-refractivity contribution < 1.29 is 14.7 Å². The molecule has 106 valence electrons. The van der Waals surface area contributed by atoms with Gasteiger partial charge in [0.25, 0.3) is 0 Å². The summed E-state index contributed by atoms with van der Waals surface area (Å²) in [7, 11) is 3.91. The zero-order chi connectivity index (χ0) is 14.1. The molecule has 0 aliphatic carbocycles. The second kappa shape index (κ2) is 8.74. The van der Waals surface area contributed by atoms with Crippen LogP contribution in [0.4, 0.5) is 4.79 Å². The Morgan fingerprint density at radius 1 is 1.17 bits per heavy atom. The highest BCUT2D eigenvalue weighted by atomic mass is 16.4. The van der Waals surface area contributed by atoms with Gasteiger partial charge in [-0.15, -0.1) is 0 Å². The van der Waals surface area contributed by atoms with E-state index in [4.69, 9.17) is 5.11 Å². The van der Waals surface area contributed by atoms with Gasteiger partial charge in [-0.1, -0.05) is 6.92 Å². The summed E-state index contributed by atoms with van der Waals surface area (Å²) in [4.78, 5) is 23.9. The minimum absolute atomic E-state index is 0.141. The van der Waals surface area contributed by atoms with Gasteiger partial charge in [0.1, 0.15) is 0 Å². The van der Waals surface area contributed by atoms with Crippen molar-refractivity contribution in [2.75, 3.05) is 27.2 Å². The molecule has 6 nitrogen and oxygen atoms in total. The molecule has 18 heavy (non-hydrogen) atoms. The van der Waals surface area contributed by atoms with Crippen molar-refractivity contribution in [1.82, 2.24) is 15.5 Å². The Morgan fingerprint density at radius 2 is 1.72 bits per heavy atom. The normalized spacial score (nSPS) is 14.1. The van der Waals surface area contributed by atoms with E-state index in [0.29, 0.717) is 19.5 Å². The van der Waals surface area contributed by atoms with Gasteiger partial charge in [-0.05, 0) is 33.4 Å². The number of carboxylic acids is 1. The van der Waals surface area contributed by atoms with E-state index in [9.17, 15) is 9.59 Å². The molecule has 0 fully saturated rings. The third-order valence-corrected chi connectivity index (χ3v) is 2.90. The minimum atomic E-state index is -0.800. The van der Waals surface area contributed by atoms with Gasteiger partial charge in [0, 0.05) is 25.6 Å². The fourth-order valence-electron chi connectivity index (χ4n) is 1.22. The summed E-state index contributed by atoms with van der Waals surface area (Å²) in [5.41, 5.74) is 0. The number of carbonyl (C=O) groups is 2. The van der Waals surface area contributed by atoms with Crippen LogP contribution in [0, 0.1) is 5.92 Å². The molecule has 2 unspecified atom stereocenters. The van der Waals surface area contributed by atoms with Gasteiger partial charge in [0.15, 0.2) is 0 Å². The Labute approximate surface area is 109 Å². The molecule has 0 aromatic rings. The molecule has 3 N–H and O–H groups in total. The van der Waals surface area contributed by atoms with Crippen molar-refractivity contribution in [1.29, 1.82) is 0 Å². The molecule has 0 heterocycles. The number of carbonyl (C=O) groups excluding carboxylic acids is 1. The number of hydrogen-bond donors (Lipinski definition) is 3. The van der Waals surface area contributed by atoms with Gasteiger partial charge < -0.3 is 20.6 Å². The van der Waals surface area contributed by atoms with Crippen molar-refractivity contribution in [3.63, 3.8) is 0 Å². The molecular weight excluding hydrogens is 234 g/mol. The molecular formula is C12H25N3O3. The molecule has 2 atom stereocenters. The average Bonchev–Trinajstić information content (AvgIpc) is 2.30. The zero-order valence-electron chi connectivity index (χ0n) is 11.7. The van der Waals surface area contributed by atoms with Crippen molar-refractivity contribution in [3.05, 3.63) is 0 Å². The first-order valence-corrected chi connectivity index (χ1v) is 6.22. The number of aliphatic carboxylic acids is 1. The number of urea groups is 1. The number of amides is 2. The highest BCUT2D eigenvalue weighted by Crippen LogP contribution is 2.03. The first-order valence-electron chi connectivity index (χ1n) is 6.22. The second-order valence-corrected chi connectivity index (χ2v) is 4.94. The van der Waals surface area contributed by atoms with E-state index in [1.165, 1.54) is 0 Å². The minimum Gasteiger partial charge on any atom is -0.481 e. The number of likely N-dealkylation sites (N-methyl/N-ethyl adjacent to an activating group) is 1. The third kappa shape index (κ3) is 8.81. The summed E-state index contributed by atoms with van der Waals surface area (Å²) < 4.78 is 0. The lowest BCUT2D eigenvalue weighted by Crippen LogP contribution is -2.43. The maximum Gasteiger partial charge on any atom is 0.314 e. The molecule has 0 saturated heterocycles. The Bertz CT molecular complexity index is 269. The maximum atomic E-state index is 11.5. The Kier molecular flexibility index (Phi) is 8.11. The summed E-state index contributed by atoms with van der Waals surface area (Å²) in [6.45, 7) is 5.03. The topological polar surface area (TPSA) is 81.7 Å². The number of carboxylic acid groups (broad SMARTS) is 1. The Morgan fingerprint density at radius 3 is 2.22 bits per heavy atom. The summed E-state index contributed by atoms with van der Waals surface area (Å²) >= 11 is 0. The third-order valence-electron chi connectivity index (χ3n) is 2.90. The molecule has 0 aromatic heterocycles. The zero-order valence-corrected chi connectivity index (χ0v) is 11.7. The van der Waals surface area contributed by atoms with E-state index in [1.807, 2.05) is 32.8 Å². The first kappa shape index (κ1) is 16.7. The average molecular weight is 259 g/mol. The van der Waals surface area contributed by atoms with Crippen molar-refractivity contribution >= 4 is 12.0 Å². The van der Waals surface area contributed by atoms with Crippen molar-refractivity contribution in [2.24, 2.45) is 5.92 Å². The summed E-state index contributed by atoms with van der Waals surface area (Å²) in [5, 5.41) is 14.0. The number of hydrogen-bond acceptors (Lipinski definition) is 3. The largest absolute Gasteiger partial charge is 0.481 e. The molecule has 0 spiro atoms. The maximum absolute atomic E-state index is 11.5. The molecule has 6 heteroatoms. The van der Waals surface area contributed by atoms with Crippen LogP contribution >= 0.6 is 0 Å². The van der Waals surface area contributed by atoms with Gasteiger partial charge in [-0.25, -0.2) is 4.79 Å². The smallest absolute Gasteiger partial charge is 0.314 e. The fourth-order valence-corrected chi connectivity index (χ4v) is 1.22. The van der Waals surface area contributed by atoms with Gasteiger partial charge in [0.05, 0.1) is 0 Å². The van der Waals surface area contributed by atoms with E-state index in [2.05, 4.69) is 10.6 Å². The predicted octanol–water partition coefficient (Wildman–Crippen LogP) is 0.737. The van der Waals surface area contributed by atoms with Crippen LogP contribution in [0.1, 0.15) is 26.7 Å². The summed E-state index contributed by atoms with van der Waals surface area (Å²) in [5.74, 6) is -0.635. The molecule has 0 radical (unpaired) electrons. The SMILES string of the molecule is CC(CCC(=O)O)CNC(=O)NCC(C)N(C)C. The van der Waals surface area contributed by atoms with Crippen LogP contribution in [0.15, 0.2) is 0 Å². The summed E-state index contributed by atoms with van der Waals surface area (Å²) in [6, 6.07) is 0.0751. The first-order chi connectivity index (χ1) is 8.32. The van der Waals surface area contributed by atoms with Gasteiger partial charge >= 0.3 is 12.0 Å². The number of nitrogens with zero attached hydrogens (tertiary/aromatic N) is 1. The van der Waals surface area contributed by atoms with E-state index in [-0.39, 0.29) is 24.4 Å². The van der Waals surface area contributed by atoms with Crippen LogP contribution in [0.5, 0.6) is 0 Å². The molecule has 0 bridgehead atoms. The highest BCUT2D eigenvalue weighted by molar-refractivity contribution is 5.73. The van der Waals surface area contributed by atoms with Crippen LogP contribution in [0.3, 0.4) is 0 Å². The molecule has 0 aliphatic heterocycles. The van der Waals surface area contributed by atoms with Crippen LogP contribution in [-0.2, 0) is 4.79 Å². The Balaban J connectivity index is 3.67. The lowest BCUT2D eigenvalue weighted by Gasteiger charge is -2.20. The standard InChI is InChI=1S/C12H25N3O3/c1-9(5-6-11(16)17)7-13-12(18)14-8-10(2)15(3)4/h9-10H,5-8H2,1-4H3,(H,16,17)(H2,13,14,18). The van der Waals surface area contributed by atoms with E-state index in [0.717, 1.165) is 0 Å². The molecule has 0 saturated carbocycles. The second-order valence-electron chi connectivity index (χ2n) is 4.94. The van der Waals surface area contributed by atoms with Crippen LogP contribution in [0.2, 0.25) is 0 Å². The lowest BCUT2D eigenvalue weighted by molar-refractivity contribution is -0.137. The Hall–Kier alpha value is -1.30. The highest BCUT2D eigenvalue weighted by Gasteiger charge is 2.09. The van der Waals surface area contributed by atoms with E-state index >= 15 is 0 Å². The van der Waals surface area contributed by atoms with Crippen LogP contribution < -0.4 is 10.6 Å². The molecule has 0 aromatic carbocycles. The quantitative estimate of drug-likeness (QED) is 0.600. The number of rotatable bonds is 8. The number of nitrogens with one attached hydrogen (secondary N) is 2. The van der Waals surface area contributed by atoms with Crippen molar-refractivity contribution in [3.8, 4) is 0 Å². The van der Waals surface area contributed by atoms with Crippen LogP contribution in [0.25, 0.3) is 0 Å². The molecule has 0 aliphatic rings. The van der Waals surface area contributed by atoms with Gasteiger partial charge in [0.2, 0.25) is 0 Å². The van der Waals surface area contributed by atoms with Crippen LogP contribution in [-0.4, -0.2) is 55.2 Å². The summed E-state index contributed by atoms with van der Waals surface area (Å²) in [6.07, 6.45) is 0.714. The molecule has 2 amide bonds. The van der Waals surface area contributed by atoms with E-state index < -0.39 is 5.97 Å². The lowest BCUT2D eigenvalue weighted by atomic mass is 10.1.